The van der Waals surface area contributed by atoms with Crippen molar-refractivity contribution in [2.24, 2.45) is 5.92 Å². The monoisotopic (exact) mass is 452 g/mol. The van der Waals surface area contributed by atoms with E-state index in [0.717, 1.165) is 23.9 Å². The van der Waals surface area contributed by atoms with Crippen LogP contribution in [0, 0.1) is 5.92 Å². The molecule has 0 unspecified atom stereocenters. The quantitative estimate of drug-likeness (QED) is 0.549. The van der Waals surface area contributed by atoms with Gasteiger partial charge >= 0.3 is 0 Å². The summed E-state index contributed by atoms with van der Waals surface area (Å²) in [7, 11) is 3.05. The van der Waals surface area contributed by atoms with Crippen LogP contribution in [0.3, 0.4) is 0 Å². The number of nitrogens with one attached hydrogen (secondary N) is 1. The summed E-state index contributed by atoms with van der Waals surface area (Å²) in [5.74, 6) is 2.72. The topological polar surface area (TPSA) is 78.3 Å². The third kappa shape index (κ3) is 5.60. The van der Waals surface area contributed by atoms with Gasteiger partial charge in [-0.25, -0.2) is 0 Å². The number of ether oxygens (including phenoxy) is 2. The Kier molecular flexibility index (Phi) is 8.27. The van der Waals surface area contributed by atoms with Crippen LogP contribution >= 0.6 is 23.4 Å². The molecule has 1 aromatic heterocycles. The molecule has 0 saturated heterocycles. The second-order valence-electron chi connectivity index (χ2n) is 7.38. The number of hydrogen-bond acceptors (Lipinski definition) is 6. The van der Waals surface area contributed by atoms with E-state index < -0.39 is 0 Å². The Balaban J connectivity index is 1.62. The number of amides is 1. The molecule has 1 aliphatic rings. The Morgan fingerprint density at radius 1 is 1.20 bits per heavy atom. The standard InChI is InChI=1S/C21H29ClN4O3S/c1-4-26-19(10-14-8-6-5-7-9-14)24-25-21(26)30-13-20(27)23-16-12-17(28-2)15(22)11-18(16)29-3/h11-12,14H,4-10,13H2,1-3H3,(H,23,27). The van der Waals surface area contributed by atoms with Crippen LogP contribution in [0.25, 0.3) is 0 Å². The van der Waals surface area contributed by atoms with Gasteiger partial charge in [0.1, 0.15) is 17.3 Å². The van der Waals surface area contributed by atoms with Gasteiger partial charge in [-0.2, -0.15) is 0 Å². The minimum Gasteiger partial charge on any atom is -0.495 e. The molecule has 1 aliphatic carbocycles. The zero-order valence-electron chi connectivity index (χ0n) is 17.7. The number of carbonyl (C=O) groups excluding carboxylic acids is 1. The van der Waals surface area contributed by atoms with Crippen molar-refractivity contribution in [2.45, 2.75) is 57.1 Å². The zero-order chi connectivity index (χ0) is 21.5. The summed E-state index contributed by atoms with van der Waals surface area (Å²) >= 11 is 7.51. The second kappa shape index (κ2) is 10.9. The first kappa shape index (κ1) is 22.7. The lowest BCUT2D eigenvalue weighted by Crippen LogP contribution is -2.16. The van der Waals surface area contributed by atoms with Crippen LogP contribution in [0.4, 0.5) is 5.69 Å². The van der Waals surface area contributed by atoms with Gasteiger partial charge in [-0.1, -0.05) is 55.5 Å². The van der Waals surface area contributed by atoms with E-state index in [1.165, 1.54) is 58.1 Å². The summed E-state index contributed by atoms with van der Waals surface area (Å²) in [6.45, 7) is 2.88. The number of methoxy groups -OCH3 is 2. The van der Waals surface area contributed by atoms with E-state index in [-0.39, 0.29) is 11.7 Å². The van der Waals surface area contributed by atoms with Gasteiger partial charge in [0.15, 0.2) is 5.16 Å². The molecule has 1 aromatic carbocycles. The fourth-order valence-electron chi connectivity index (χ4n) is 3.82. The van der Waals surface area contributed by atoms with Crippen molar-refractivity contribution >= 4 is 35.0 Å². The molecule has 2 aromatic rings. The van der Waals surface area contributed by atoms with Crippen LogP contribution in [-0.2, 0) is 17.8 Å². The number of nitrogens with zero attached hydrogens (tertiary/aromatic N) is 3. The van der Waals surface area contributed by atoms with Crippen LogP contribution in [0.2, 0.25) is 5.02 Å². The fraction of sp³-hybridized carbons (Fsp3) is 0.571. The van der Waals surface area contributed by atoms with Gasteiger partial charge in [0, 0.05) is 25.1 Å². The number of benzene rings is 1. The SMILES string of the molecule is CCn1c(CC2CCCCC2)nnc1SCC(=O)Nc1cc(OC)c(Cl)cc1OC. The van der Waals surface area contributed by atoms with E-state index in [0.29, 0.717) is 28.1 Å². The summed E-state index contributed by atoms with van der Waals surface area (Å²) < 4.78 is 12.7. The van der Waals surface area contributed by atoms with Crippen molar-refractivity contribution in [3.63, 3.8) is 0 Å². The summed E-state index contributed by atoms with van der Waals surface area (Å²) in [5, 5.41) is 12.8. The van der Waals surface area contributed by atoms with E-state index >= 15 is 0 Å². The maximum Gasteiger partial charge on any atom is 0.234 e. The number of hydrogen-bond donors (Lipinski definition) is 1. The van der Waals surface area contributed by atoms with Gasteiger partial charge < -0.3 is 19.4 Å². The van der Waals surface area contributed by atoms with Gasteiger partial charge in [-0.05, 0) is 12.8 Å². The smallest absolute Gasteiger partial charge is 0.234 e. The third-order valence-corrected chi connectivity index (χ3v) is 6.65. The average Bonchev–Trinajstić information content (AvgIpc) is 3.15. The summed E-state index contributed by atoms with van der Waals surface area (Å²) in [6, 6.07) is 3.27. The molecule has 7 nitrogen and oxygen atoms in total. The first-order valence-corrected chi connectivity index (χ1v) is 11.7. The lowest BCUT2D eigenvalue weighted by Gasteiger charge is -2.21. The Morgan fingerprint density at radius 3 is 2.60 bits per heavy atom. The van der Waals surface area contributed by atoms with E-state index in [2.05, 4.69) is 27.0 Å². The first-order valence-electron chi connectivity index (χ1n) is 10.3. The van der Waals surface area contributed by atoms with Crippen LogP contribution in [0.1, 0.15) is 44.9 Å². The lowest BCUT2D eigenvalue weighted by atomic mass is 9.87. The molecule has 164 valence electrons. The molecular formula is C21H29ClN4O3S. The van der Waals surface area contributed by atoms with Crippen LogP contribution in [0.5, 0.6) is 11.5 Å². The Bertz CT molecular complexity index is 868. The number of halogens is 1. The number of carbonyl (C=O) groups is 1. The molecule has 1 N–H and O–H groups in total. The molecule has 1 heterocycles. The van der Waals surface area contributed by atoms with Crippen molar-refractivity contribution in [1.82, 2.24) is 14.8 Å². The Morgan fingerprint density at radius 2 is 1.93 bits per heavy atom. The van der Waals surface area contributed by atoms with E-state index in [9.17, 15) is 4.79 Å². The first-order chi connectivity index (χ1) is 14.5. The van der Waals surface area contributed by atoms with E-state index in [1.807, 2.05) is 0 Å². The second-order valence-corrected chi connectivity index (χ2v) is 8.72. The molecule has 0 aliphatic heterocycles. The van der Waals surface area contributed by atoms with Gasteiger partial charge in [-0.15, -0.1) is 10.2 Å². The zero-order valence-corrected chi connectivity index (χ0v) is 19.3. The van der Waals surface area contributed by atoms with Gasteiger partial charge in [0.2, 0.25) is 5.91 Å². The average molecular weight is 453 g/mol. The normalized spacial score (nSPS) is 14.5. The molecule has 1 saturated carbocycles. The highest BCUT2D eigenvalue weighted by Crippen LogP contribution is 2.36. The molecule has 0 spiro atoms. The molecular weight excluding hydrogens is 424 g/mol. The Labute approximate surface area is 186 Å². The molecule has 3 rings (SSSR count). The Hall–Kier alpha value is -1.93. The number of rotatable bonds is 9. The minimum atomic E-state index is -0.165. The molecule has 1 fully saturated rings. The fourth-order valence-corrected chi connectivity index (χ4v) is 4.87. The molecule has 1 amide bonds. The number of aromatic nitrogens is 3. The van der Waals surface area contributed by atoms with Crippen molar-refractivity contribution in [3.8, 4) is 11.5 Å². The molecule has 0 atom stereocenters. The van der Waals surface area contributed by atoms with Crippen LogP contribution in [-0.4, -0.2) is 40.6 Å². The van der Waals surface area contributed by atoms with E-state index in [4.69, 9.17) is 21.1 Å². The largest absolute Gasteiger partial charge is 0.495 e. The lowest BCUT2D eigenvalue weighted by molar-refractivity contribution is -0.113. The highest BCUT2D eigenvalue weighted by Gasteiger charge is 2.20. The van der Waals surface area contributed by atoms with Crippen LogP contribution < -0.4 is 14.8 Å². The predicted molar refractivity (Wildman–Crippen MR) is 120 cm³/mol. The summed E-state index contributed by atoms with van der Waals surface area (Å²) in [4.78, 5) is 12.5. The van der Waals surface area contributed by atoms with Crippen molar-refractivity contribution < 1.29 is 14.3 Å². The molecule has 0 bridgehead atoms. The summed E-state index contributed by atoms with van der Waals surface area (Å²) in [6.07, 6.45) is 7.48. The van der Waals surface area contributed by atoms with Gasteiger partial charge in [0.05, 0.1) is 30.7 Å². The molecule has 30 heavy (non-hydrogen) atoms. The minimum absolute atomic E-state index is 0.165. The van der Waals surface area contributed by atoms with Gasteiger partial charge in [0.25, 0.3) is 0 Å². The third-order valence-electron chi connectivity index (χ3n) is 5.39. The number of thioether (sulfide) groups is 1. The summed E-state index contributed by atoms with van der Waals surface area (Å²) in [5.41, 5.74) is 0.513. The maximum atomic E-state index is 12.5. The molecule has 0 radical (unpaired) electrons. The maximum absolute atomic E-state index is 12.5. The van der Waals surface area contributed by atoms with Gasteiger partial charge in [-0.3, -0.25) is 4.79 Å². The highest BCUT2D eigenvalue weighted by atomic mass is 35.5. The van der Waals surface area contributed by atoms with E-state index in [1.54, 1.807) is 12.1 Å². The van der Waals surface area contributed by atoms with Crippen molar-refractivity contribution in [3.05, 3.63) is 23.0 Å². The number of anilines is 1. The molecule has 9 heteroatoms. The van der Waals surface area contributed by atoms with Crippen LogP contribution in [0.15, 0.2) is 17.3 Å². The van der Waals surface area contributed by atoms with Crippen molar-refractivity contribution in [2.75, 3.05) is 25.3 Å². The van der Waals surface area contributed by atoms with Crippen molar-refractivity contribution in [1.29, 1.82) is 0 Å². The highest BCUT2D eigenvalue weighted by molar-refractivity contribution is 7.99. The predicted octanol–water partition coefficient (Wildman–Crippen LogP) is 4.82.